The van der Waals surface area contributed by atoms with Crippen molar-refractivity contribution in [1.82, 2.24) is 29.4 Å². The van der Waals surface area contributed by atoms with Crippen molar-refractivity contribution in [3.8, 4) is 0 Å². The third-order valence-electron chi connectivity index (χ3n) is 9.97. The summed E-state index contributed by atoms with van der Waals surface area (Å²) in [5.41, 5.74) is 1.83. The first kappa shape index (κ1) is 38.1. The lowest BCUT2D eigenvalue weighted by Gasteiger charge is -2.50. The van der Waals surface area contributed by atoms with Crippen molar-refractivity contribution in [2.45, 2.75) is 104 Å². The molecule has 2 aromatic rings. The predicted molar refractivity (Wildman–Crippen MR) is 199 cm³/mol. The highest BCUT2D eigenvalue weighted by Crippen LogP contribution is 2.25. The summed E-state index contributed by atoms with van der Waals surface area (Å²) in [6, 6.07) is 23.0. The van der Waals surface area contributed by atoms with Crippen LogP contribution in [0.3, 0.4) is 0 Å². The molecule has 4 aliphatic rings. The monoisotopic (exact) mass is 690 g/mol. The van der Waals surface area contributed by atoms with Crippen molar-refractivity contribution < 1.29 is 19.1 Å². The summed E-state index contributed by atoms with van der Waals surface area (Å²) < 4.78 is 11.1. The van der Waals surface area contributed by atoms with Crippen molar-refractivity contribution in [2.75, 3.05) is 65.4 Å². The zero-order valence-electron chi connectivity index (χ0n) is 31.9. The molecule has 50 heavy (non-hydrogen) atoms. The molecule has 4 aliphatic heterocycles. The minimum Gasteiger partial charge on any atom is -0.444 e. The smallest absolute Gasteiger partial charge is 0.410 e. The van der Waals surface area contributed by atoms with Gasteiger partial charge in [-0.3, -0.25) is 19.6 Å². The molecule has 4 heterocycles. The molecule has 0 radical (unpaired) electrons. The summed E-state index contributed by atoms with van der Waals surface area (Å²) in [5, 5.41) is 0. The number of hydrogen-bond donors (Lipinski definition) is 0. The second-order valence-corrected chi connectivity index (χ2v) is 16.7. The van der Waals surface area contributed by atoms with Crippen LogP contribution in [0.4, 0.5) is 9.59 Å². The summed E-state index contributed by atoms with van der Waals surface area (Å²) in [6.45, 7) is 27.1. The van der Waals surface area contributed by atoms with E-state index in [0.29, 0.717) is 24.2 Å². The zero-order chi connectivity index (χ0) is 36.1. The first-order valence-corrected chi connectivity index (χ1v) is 18.6. The van der Waals surface area contributed by atoms with Gasteiger partial charge in [0.25, 0.3) is 0 Å². The van der Waals surface area contributed by atoms with Crippen molar-refractivity contribution in [3.63, 3.8) is 0 Å². The van der Waals surface area contributed by atoms with E-state index in [-0.39, 0.29) is 12.2 Å². The lowest BCUT2D eigenvalue weighted by atomic mass is 10.0. The summed E-state index contributed by atoms with van der Waals surface area (Å²) >= 11 is 0. The first-order valence-electron chi connectivity index (χ1n) is 18.6. The van der Waals surface area contributed by atoms with Gasteiger partial charge in [-0.1, -0.05) is 60.7 Å². The Morgan fingerprint density at radius 2 is 0.920 bits per heavy atom. The maximum atomic E-state index is 12.4. The number of nitrogens with zero attached hydrogens (tertiary/aromatic N) is 6. The largest absolute Gasteiger partial charge is 0.444 e. The molecule has 10 heteroatoms. The lowest BCUT2D eigenvalue weighted by molar-refractivity contribution is -0.0353. The van der Waals surface area contributed by atoms with Crippen LogP contribution in [0.5, 0.6) is 0 Å². The fourth-order valence-electron chi connectivity index (χ4n) is 7.85. The molecule has 0 bridgehead atoms. The van der Waals surface area contributed by atoms with Gasteiger partial charge in [0.15, 0.2) is 0 Å². The Morgan fingerprint density at radius 3 is 1.26 bits per heavy atom. The second kappa shape index (κ2) is 16.4. The van der Waals surface area contributed by atoms with Crippen molar-refractivity contribution in [1.29, 1.82) is 0 Å². The van der Waals surface area contributed by atoms with Crippen LogP contribution in [0, 0.1) is 0 Å². The van der Waals surface area contributed by atoms with Gasteiger partial charge < -0.3 is 19.3 Å². The van der Waals surface area contributed by atoms with Gasteiger partial charge in [-0.2, -0.15) is 0 Å². The van der Waals surface area contributed by atoms with Gasteiger partial charge in [0.2, 0.25) is 0 Å². The fourth-order valence-corrected chi connectivity index (χ4v) is 7.85. The van der Waals surface area contributed by atoms with E-state index in [1.807, 2.05) is 51.3 Å². The number of hydrogen-bond acceptors (Lipinski definition) is 8. The van der Waals surface area contributed by atoms with E-state index in [1.54, 1.807) is 0 Å². The van der Waals surface area contributed by atoms with E-state index in [4.69, 9.17) is 9.47 Å². The molecule has 4 saturated heterocycles. The minimum atomic E-state index is -0.437. The van der Waals surface area contributed by atoms with Crippen LogP contribution < -0.4 is 0 Å². The maximum Gasteiger partial charge on any atom is 0.410 e. The number of piperazine rings is 4. The Morgan fingerprint density at radius 1 is 0.560 bits per heavy atom. The minimum absolute atomic E-state index is 0.181. The third-order valence-corrected chi connectivity index (χ3v) is 9.97. The molecule has 276 valence electrons. The third kappa shape index (κ3) is 10.9. The van der Waals surface area contributed by atoms with Crippen molar-refractivity contribution in [2.24, 2.45) is 0 Å². The van der Waals surface area contributed by atoms with Crippen LogP contribution in [0.25, 0.3) is 0 Å². The van der Waals surface area contributed by atoms with Crippen LogP contribution in [-0.4, -0.2) is 142 Å². The lowest BCUT2D eigenvalue weighted by Crippen LogP contribution is -2.65. The molecular weight excluding hydrogens is 628 g/mol. The van der Waals surface area contributed by atoms with E-state index in [1.165, 1.54) is 11.1 Å². The summed E-state index contributed by atoms with van der Waals surface area (Å²) in [7, 11) is 0. The molecule has 0 aromatic heterocycles. The average Bonchev–Trinajstić information content (AvgIpc) is 3.04. The fraction of sp³-hybridized carbons (Fsp3) is 0.650. The van der Waals surface area contributed by atoms with E-state index in [2.05, 4.69) is 94.1 Å². The topological polar surface area (TPSA) is 72.0 Å². The quantitative estimate of drug-likeness (QED) is 0.410. The molecular formula is C40H62N6O4. The highest BCUT2D eigenvalue weighted by Gasteiger charge is 2.40. The van der Waals surface area contributed by atoms with Gasteiger partial charge in [0, 0.05) is 103 Å². The summed E-state index contributed by atoms with van der Waals surface area (Å²) in [4.78, 5) is 38.7. The van der Waals surface area contributed by atoms with E-state index < -0.39 is 11.2 Å². The Kier molecular flexibility index (Phi) is 12.5. The van der Waals surface area contributed by atoms with Crippen LogP contribution >= 0.6 is 0 Å². The van der Waals surface area contributed by atoms with Crippen molar-refractivity contribution >= 4 is 12.2 Å². The molecule has 6 rings (SSSR count). The van der Waals surface area contributed by atoms with Gasteiger partial charge in [-0.15, -0.1) is 0 Å². The highest BCUT2D eigenvalue weighted by atomic mass is 16.6. The van der Waals surface area contributed by atoms with E-state index in [9.17, 15) is 9.59 Å². The Hall–Kier alpha value is -3.18. The van der Waals surface area contributed by atoms with Crippen molar-refractivity contribution in [3.05, 3.63) is 71.8 Å². The Balaban J connectivity index is 0.000000194. The molecule has 0 spiro atoms. The number of carbonyl (C=O) groups excluding carboxylic acids is 2. The first-order chi connectivity index (χ1) is 23.6. The highest BCUT2D eigenvalue weighted by molar-refractivity contribution is 5.68. The normalized spacial score (nSPS) is 25.5. The molecule has 2 aromatic carbocycles. The molecule has 10 nitrogen and oxygen atoms in total. The number of ether oxygens (including phenoxy) is 2. The molecule has 0 aliphatic carbocycles. The average molecular weight is 691 g/mol. The number of fused-ring (bicyclic) bond motifs is 2. The summed E-state index contributed by atoms with van der Waals surface area (Å²) in [6.07, 6.45) is -0.361. The molecule has 4 atom stereocenters. The molecule has 0 unspecified atom stereocenters. The zero-order valence-corrected chi connectivity index (χ0v) is 31.9. The summed E-state index contributed by atoms with van der Waals surface area (Å²) in [5.74, 6) is 0. The van der Waals surface area contributed by atoms with E-state index in [0.717, 1.165) is 78.5 Å². The molecule has 0 N–H and O–H groups in total. The van der Waals surface area contributed by atoms with Gasteiger partial charge in [-0.25, -0.2) is 9.59 Å². The maximum absolute atomic E-state index is 12.4. The van der Waals surface area contributed by atoms with Gasteiger partial charge in [0.1, 0.15) is 11.2 Å². The number of rotatable bonds is 4. The molecule has 2 amide bonds. The Bertz CT molecular complexity index is 1270. The number of benzene rings is 2. The van der Waals surface area contributed by atoms with E-state index >= 15 is 0 Å². The molecule has 4 fully saturated rings. The van der Waals surface area contributed by atoms with Crippen LogP contribution in [0.2, 0.25) is 0 Å². The van der Waals surface area contributed by atoms with Crippen LogP contribution in [-0.2, 0) is 22.6 Å². The number of carbonyl (C=O) groups is 2. The van der Waals surface area contributed by atoms with Gasteiger partial charge >= 0.3 is 12.2 Å². The Labute approximate surface area is 301 Å². The van der Waals surface area contributed by atoms with Crippen LogP contribution in [0.15, 0.2) is 60.7 Å². The second-order valence-electron chi connectivity index (χ2n) is 16.7. The SMILES string of the molecule is C[C@@H]1CN(Cc2ccccc2)C[C@@H]2CN(C(=O)OC(C)(C)C)CCN21.C[C@@H]1CN(Cc2ccccc2)C[C@H]2CN(C(=O)OC(C)(C)C)CCN21. The molecule has 0 saturated carbocycles. The standard InChI is InChI=1S/2C20H31N3O2/c2*1-16-12-21(13-17-8-6-5-7-9-17)14-18-15-22(10-11-23(16)18)19(24)25-20(2,3)4/h2*5-9,16,18H,10-15H2,1-4H3/t16-,18+;16-,18-/m11/s1. The van der Waals surface area contributed by atoms with Gasteiger partial charge in [-0.05, 0) is 66.5 Å². The van der Waals surface area contributed by atoms with Gasteiger partial charge in [0.05, 0.1) is 0 Å². The number of amides is 2. The van der Waals surface area contributed by atoms with Crippen LogP contribution in [0.1, 0.15) is 66.5 Å². The predicted octanol–water partition coefficient (Wildman–Crippen LogP) is 5.62.